The Kier molecular flexibility index (Phi) is 2.90. The molecule has 2 aromatic carbocycles. The van der Waals surface area contributed by atoms with Crippen LogP contribution in [0.1, 0.15) is 5.56 Å². The third-order valence-corrected chi connectivity index (χ3v) is 2.95. The molecule has 76 valence electrons. The minimum absolute atomic E-state index is 0.0813. The predicted octanol–water partition coefficient (Wildman–Crippen LogP) is 3.07. The highest BCUT2D eigenvalue weighted by atomic mass is 127. The lowest BCUT2D eigenvalue weighted by molar-refractivity contribution is -0.136. The number of fused-ring (bicyclic) bond motifs is 1. The molecule has 0 saturated heterocycles. The number of aliphatic carboxylic acids is 1. The van der Waals surface area contributed by atoms with E-state index in [4.69, 9.17) is 5.11 Å². The van der Waals surface area contributed by atoms with Gasteiger partial charge in [-0.1, -0.05) is 24.3 Å². The van der Waals surface area contributed by atoms with Crippen molar-refractivity contribution < 1.29 is 9.90 Å². The molecule has 0 spiro atoms. The van der Waals surface area contributed by atoms with Crippen LogP contribution in [-0.4, -0.2) is 11.1 Å². The van der Waals surface area contributed by atoms with Gasteiger partial charge in [0.05, 0.1) is 6.42 Å². The van der Waals surface area contributed by atoms with Crippen LogP contribution < -0.4 is 0 Å². The van der Waals surface area contributed by atoms with Crippen molar-refractivity contribution in [3.8, 4) is 0 Å². The first-order valence-corrected chi connectivity index (χ1v) is 5.63. The summed E-state index contributed by atoms with van der Waals surface area (Å²) in [6, 6.07) is 11.8. The summed E-state index contributed by atoms with van der Waals surface area (Å²) in [6.45, 7) is 0. The van der Waals surface area contributed by atoms with Crippen molar-refractivity contribution >= 4 is 39.3 Å². The van der Waals surface area contributed by atoms with Gasteiger partial charge in [-0.15, -0.1) is 0 Å². The van der Waals surface area contributed by atoms with E-state index in [1.165, 1.54) is 0 Å². The smallest absolute Gasteiger partial charge is 0.307 e. The molecule has 0 fully saturated rings. The Hall–Kier alpha value is -1.10. The van der Waals surface area contributed by atoms with Crippen molar-refractivity contribution in [2.75, 3.05) is 0 Å². The van der Waals surface area contributed by atoms with Gasteiger partial charge in [0.25, 0.3) is 0 Å². The Bertz CT molecular complexity index is 520. The number of benzene rings is 2. The number of halogens is 1. The second-order valence-corrected chi connectivity index (χ2v) is 4.60. The molecular weight excluding hydrogens is 303 g/mol. The third-order valence-electron chi connectivity index (χ3n) is 2.27. The van der Waals surface area contributed by atoms with Crippen molar-refractivity contribution in [3.05, 3.63) is 45.5 Å². The number of hydrogen-bond acceptors (Lipinski definition) is 1. The SMILES string of the molecule is O=C(O)Cc1cccc2cc(I)ccc12. The monoisotopic (exact) mass is 312 g/mol. The third kappa shape index (κ3) is 2.28. The van der Waals surface area contributed by atoms with Gasteiger partial charge in [-0.3, -0.25) is 4.79 Å². The van der Waals surface area contributed by atoms with Gasteiger partial charge in [0.1, 0.15) is 0 Å². The zero-order valence-electron chi connectivity index (χ0n) is 7.90. The van der Waals surface area contributed by atoms with Gasteiger partial charge in [-0.05, 0) is 51.1 Å². The van der Waals surface area contributed by atoms with Crippen molar-refractivity contribution in [2.24, 2.45) is 0 Å². The maximum Gasteiger partial charge on any atom is 0.307 e. The van der Waals surface area contributed by atoms with Crippen LogP contribution >= 0.6 is 22.6 Å². The summed E-state index contributed by atoms with van der Waals surface area (Å²) in [5, 5.41) is 10.9. The molecule has 0 aromatic heterocycles. The number of carbonyl (C=O) groups is 1. The van der Waals surface area contributed by atoms with E-state index in [1.807, 2.05) is 30.3 Å². The molecule has 0 radical (unpaired) electrons. The highest BCUT2D eigenvalue weighted by Crippen LogP contribution is 2.21. The summed E-state index contributed by atoms with van der Waals surface area (Å²) < 4.78 is 1.16. The van der Waals surface area contributed by atoms with E-state index in [9.17, 15) is 4.79 Å². The van der Waals surface area contributed by atoms with Gasteiger partial charge in [-0.25, -0.2) is 0 Å². The van der Waals surface area contributed by atoms with Crippen LogP contribution in [0.2, 0.25) is 0 Å². The number of carboxylic acid groups (broad SMARTS) is 1. The standard InChI is InChI=1S/C12H9IO2/c13-10-4-5-11-8(6-10)2-1-3-9(11)7-12(14)15/h1-6H,7H2,(H,14,15). The molecule has 0 amide bonds. The van der Waals surface area contributed by atoms with Crippen LogP contribution in [0.3, 0.4) is 0 Å². The highest BCUT2D eigenvalue weighted by Gasteiger charge is 2.04. The first-order chi connectivity index (χ1) is 7.16. The number of hydrogen-bond donors (Lipinski definition) is 1. The Labute approximate surface area is 101 Å². The molecule has 2 aromatic rings. The minimum atomic E-state index is -0.791. The van der Waals surface area contributed by atoms with E-state index in [0.29, 0.717) is 0 Å². The maximum atomic E-state index is 10.7. The molecule has 0 bridgehead atoms. The lowest BCUT2D eigenvalue weighted by Crippen LogP contribution is -2.00. The van der Waals surface area contributed by atoms with Gasteiger partial charge < -0.3 is 5.11 Å². The van der Waals surface area contributed by atoms with Gasteiger partial charge in [0.15, 0.2) is 0 Å². The summed E-state index contributed by atoms with van der Waals surface area (Å²) in [4.78, 5) is 10.7. The van der Waals surface area contributed by atoms with Crippen LogP contribution in [0.15, 0.2) is 36.4 Å². The fourth-order valence-corrected chi connectivity index (χ4v) is 2.15. The van der Waals surface area contributed by atoms with E-state index in [1.54, 1.807) is 0 Å². The van der Waals surface area contributed by atoms with Gasteiger partial charge in [0.2, 0.25) is 0 Å². The van der Waals surface area contributed by atoms with E-state index in [2.05, 4.69) is 28.7 Å². The van der Waals surface area contributed by atoms with Crippen LogP contribution in [0.25, 0.3) is 10.8 Å². The van der Waals surface area contributed by atoms with Gasteiger partial charge in [-0.2, -0.15) is 0 Å². The fourth-order valence-electron chi connectivity index (χ4n) is 1.64. The summed E-state index contributed by atoms with van der Waals surface area (Å²) in [5.74, 6) is -0.791. The molecular formula is C12H9IO2. The van der Waals surface area contributed by atoms with E-state index >= 15 is 0 Å². The Morgan fingerprint density at radius 2 is 2.07 bits per heavy atom. The zero-order valence-corrected chi connectivity index (χ0v) is 10.1. The van der Waals surface area contributed by atoms with Crippen LogP contribution in [-0.2, 0) is 11.2 Å². The second-order valence-electron chi connectivity index (χ2n) is 3.35. The lowest BCUT2D eigenvalue weighted by Gasteiger charge is -2.04. The van der Waals surface area contributed by atoms with Gasteiger partial charge >= 0.3 is 5.97 Å². The molecule has 0 saturated carbocycles. The van der Waals surface area contributed by atoms with Crippen LogP contribution in [0.4, 0.5) is 0 Å². The highest BCUT2D eigenvalue weighted by molar-refractivity contribution is 14.1. The van der Waals surface area contributed by atoms with E-state index in [0.717, 1.165) is 19.9 Å². The first kappa shape index (κ1) is 10.4. The summed E-state index contributed by atoms with van der Waals surface area (Å²) in [6.07, 6.45) is 0.0813. The molecule has 3 heteroatoms. The van der Waals surface area contributed by atoms with Crippen molar-refractivity contribution in [2.45, 2.75) is 6.42 Å². The van der Waals surface area contributed by atoms with Crippen molar-refractivity contribution in [3.63, 3.8) is 0 Å². The predicted molar refractivity (Wildman–Crippen MR) is 68.0 cm³/mol. The molecule has 15 heavy (non-hydrogen) atoms. The average molecular weight is 312 g/mol. The molecule has 2 rings (SSSR count). The summed E-state index contributed by atoms with van der Waals surface area (Å²) >= 11 is 2.25. The Morgan fingerprint density at radius 1 is 1.27 bits per heavy atom. The van der Waals surface area contributed by atoms with Crippen molar-refractivity contribution in [1.29, 1.82) is 0 Å². The van der Waals surface area contributed by atoms with Crippen LogP contribution in [0.5, 0.6) is 0 Å². The number of carboxylic acids is 1. The molecule has 1 N–H and O–H groups in total. The lowest BCUT2D eigenvalue weighted by atomic mass is 10.0. The summed E-state index contributed by atoms with van der Waals surface area (Å²) in [7, 11) is 0. The Balaban J connectivity index is 2.60. The Morgan fingerprint density at radius 3 is 2.80 bits per heavy atom. The van der Waals surface area contributed by atoms with Gasteiger partial charge in [0, 0.05) is 3.57 Å². The average Bonchev–Trinajstić information content (AvgIpc) is 2.16. The summed E-state index contributed by atoms with van der Waals surface area (Å²) in [5.41, 5.74) is 0.872. The van der Waals surface area contributed by atoms with Crippen molar-refractivity contribution in [1.82, 2.24) is 0 Å². The molecule has 0 unspecified atom stereocenters. The molecule has 0 heterocycles. The molecule has 0 aliphatic rings. The minimum Gasteiger partial charge on any atom is -0.481 e. The van der Waals surface area contributed by atoms with E-state index < -0.39 is 5.97 Å². The second kappa shape index (κ2) is 4.18. The topological polar surface area (TPSA) is 37.3 Å². The first-order valence-electron chi connectivity index (χ1n) is 4.56. The molecule has 2 nitrogen and oxygen atoms in total. The molecule has 0 atom stereocenters. The normalized spacial score (nSPS) is 10.5. The quantitative estimate of drug-likeness (QED) is 0.865. The largest absolute Gasteiger partial charge is 0.481 e. The number of rotatable bonds is 2. The fraction of sp³-hybridized carbons (Fsp3) is 0.0833. The van der Waals surface area contributed by atoms with Crippen LogP contribution in [0, 0.1) is 3.57 Å². The zero-order chi connectivity index (χ0) is 10.8. The van der Waals surface area contributed by atoms with E-state index in [-0.39, 0.29) is 6.42 Å². The molecule has 0 aliphatic carbocycles. The maximum absolute atomic E-state index is 10.7. The molecule has 0 aliphatic heterocycles.